The Hall–Kier alpha value is -3.59. The van der Waals surface area contributed by atoms with Crippen molar-refractivity contribution in [3.63, 3.8) is 0 Å². The highest BCUT2D eigenvalue weighted by Gasteiger charge is 2.08. The minimum absolute atomic E-state index is 0.0813. The second-order valence-electron chi connectivity index (χ2n) is 6.04. The largest absolute Gasteiger partial charge is 0.395 e. The number of hydrazone groups is 1. The smallest absolute Gasteiger partial charge is 0.263 e. The Kier molecular flexibility index (Phi) is 6.42. The third-order valence-electron chi connectivity index (χ3n) is 3.94. The third-order valence-corrected chi connectivity index (χ3v) is 3.94. The maximum absolute atomic E-state index is 12.0. The Balaban J connectivity index is 1.51. The van der Waals surface area contributed by atoms with Crippen LogP contribution in [-0.4, -0.2) is 57.6 Å². The quantitative estimate of drug-likeness (QED) is 0.445. The average molecular weight is 379 g/mol. The minimum atomic E-state index is -0.354. The van der Waals surface area contributed by atoms with Gasteiger partial charge in [0.1, 0.15) is 6.54 Å². The lowest BCUT2D eigenvalue weighted by molar-refractivity contribution is -0.122. The van der Waals surface area contributed by atoms with E-state index >= 15 is 0 Å². The van der Waals surface area contributed by atoms with Gasteiger partial charge in [-0.25, -0.2) is 5.43 Å². The van der Waals surface area contributed by atoms with Gasteiger partial charge in [0, 0.05) is 24.8 Å². The number of benzene rings is 2. The van der Waals surface area contributed by atoms with Gasteiger partial charge in [0.25, 0.3) is 5.91 Å². The van der Waals surface area contributed by atoms with Crippen LogP contribution in [0.5, 0.6) is 0 Å². The van der Waals surface area contributed by atoms with Crippen molar-refractivity contribution in [1.29, 1.82) is 0 Å². The molecule has 3 rings (SSSR count). The number of rotatable bonds is 8. The maximum Gasteiger partial charge on any atom is 0.263 e. The van der Waals surface area contributed by atoms with Gasteiger partial charge in [-0.15, -0.1) is 10.2 Å². The monoisotopic (exact) mass is 379 g/mol. The molecule has 1 heterocycles. The van der Waals surface area contributed by atoms with Crippen LogP contribution in [0.15, 0.2) is 59.7 Å². The molecule has 0 fully saturated rings. The van der Waals surface area contributed by atoms with Crippen LogP contribution in [0.1, 0.15) is 5.56 Å². The van der Waals surface area contributed by atoms with Gasteiger partial charge in [0.15, 0.2) is 0 Å². The van der Waals surface area contributed by atoms with Crippen molar-refractivity contribution < 1.29 is 9.90 Å². The van der Waals surface area contributed by atoms with E-state index < -0.39 is 0 Å². The summed E-state index contributed by atoms with van der Waals surface area (Å²) in [7, 11) is 1.90. The Labute approximate surface area is 162 Å². The van der Waals surface area contributed by atoms with Crippen molar-refractivity contribution in [3.8, 4) is 11.4 Å². The zero-order valence-corrected chi connectivity index (χ0v) is 15.4. The molecule has 0 saturated heterocycles. The van der Waals surface area contributed by atoms with E-state index in [1.165, 1.54) is 4.80 Å². The molecule has 2 N–H and O–H groups in total. The summed E-state index contributed by atoms with van der Waals surface area (Å²) in [4.78, 5) is 15.1. The molecule has 0 unspecified atom stereocenters. The first kappa shape index (κ1) is 19.2. The molecule has 28 heavy (non-hydrogen) atoms. The van der Waals surface area contributed by atoms with Crippen LogP contribution in [0.3, 0.4) is 0 Å². The van der Waals surface area contributed by atoms with E-state index in [0.29, 0.717) is 12.4 Å². The van der Waals surface area contributed by atoms with E-state index in [9.17, 15) is 4.79 Å². The molecule has 0 aliphatic rings. The summed E-state index contributed by atoms with van der Waals surface area (Å²) in [5.41, 5.74) is 5.11. The van der Waals surface area contributed by atoms with Crippen LogP contribution in [0.25, 0.3) is 11.4 Å². The summed E-state index contributed by atoms with van der Waals surface area (Å²) in [5, 5.41) is 24.9. The number of hydrogen-bond acceptors (Lipinski definition) is 7. The molecule has 0 radical (unpaired) electrons. The van der Waals surface area contributed by atoms with Crippen LogP contribution in [0.2, 0.25) is 0 Å². The summed E-state index contributed by atoms with van der Waals surface area (Å²) in [6.07, 6.45) is 1.55. The van der Waals surface area contributed by atoms with Crippen molar-refractivity contribution in [2.45, 2.75) is 6.54 Å². The van der Waals surface area contributed by atoms with E-state index in [4.69, 9.17) is 5.11 Å². The Morgan fingerprint density at radius 2 is 1.96 bits per heavy atom. The highest BCUT2D eigenvalue weighted by molar-refractivity contribution is 5.82. The van der Waals surface area contributed by atoms with Crippen molar-refractivity contribution in [2.24, 2.45) is 5.10 Å². The van der Waals surface area contributed by atoms with Crippen molar-refractivity contribution in [2.75, 3.05) is 25.1 Å². The van der Waals surface area contributed by atoms with E-state index in [1.807, 2.05) is 66.5 Å². The van der Waals surface area contributed by atoms with Crippen molar-refractivity contribution >= 4 is 17.8 Å². The minimum Gasteiger partial charge on any atom is -0.395 e. The predicted octanol–water partition coefficient (Wildman–Crippen LogP) is 0.919. The lowest BCUT2D eigenvalue weighted by Gasteiger charge is -2.17. The predicted molar refractivity (Wildman–Crippen MR) is 106 cm³/mol. The molecule has 0 atom stereocenters. The molecule has 0 aliphatic heterocycles. The van der Waals surface area contributed by atoms with E-state index in [-0.39, 0.29) is 19.1 Å². The Morgan fingerprint density at radius 1 is 1.21 bits per heavy atom. The molecule has 0 spiro atoms. The van der Waals surface area contributed by atoms with Crippen LogP contribution in [0, 0.1) is 0 Å². The molecule has 0 aliphatic carbocycles. The molecule has 0 saturated carbocycles. The van der Waals surface area contributed by atoms with E-state index in [2.05, 4.69) is 25.9 Å². The highest BCUT2D eigenvalue weighted by Crippen LogP contribution is 2.13. The number of anilines is 1. The fourth-order valence-corrected chi connectivity index (χ4v) is 2.45. The number of tetrazole rings is 1. The molecule has 144 valence electrons. The summed E-state index contributed by atoms with van der Waals surface area (Å²) in [6.45, 7) is 0.576. The fraction of sp³-hybridized carbons (Fsp3) is 0.211. The van der Waals surface area contributed by atoms with Gasteiger partial charge in [-0.3, -0.25) is 4.79 Å². The number of hydrogen-bond donors (Lipinski definition) is 2. The summed E-state index contributed by atoms with van der Waals surface area (Å²) >= 11 is 0. The molecule has 3 aromatic rings. The van der Waals surface area contributed by atoms with E-state index in [0.717, 1.165) is 16.8 Å². The van der Waals surface area contributed by atoms with Crippen molar-refractivity contribution in [3.05, 3.63) is 60.2 Å². The molecule has 2 aromatic carbocycles. The molecule has 9 nitrogen and oxygen atoms in total. The zero-order chi connectivity index (χ0) is 19.8. The standard InChI is InChI=1S/C19H21N7O2/c1-25(11-12-27)17-9-7-15(8-10-17)13-20-21-18(28)14-26-23-19(22-24-26)16-5-3-2-4-6-16/h2-10,13,27H,11-12,14H2,1H3,(H,21,28)/b20-13-. The average Bonchev–Trinajstić information content (AvgIpc) is 3.18. The zero-order valence-electron chi connectivity index (χ0n) is 15.4. The van der Waals surface area contributed by atoms with Crippen LogP contribution >= 0.6 is 0 Å². The molecule has 0 bridgehead atoms. The molecule has 1 amide bonds. The lowest BCUT2D eigenvalue weighted by atomic mass is 10.2. The molecule has 9 heteroatoms. The summed E-state index contributed by atoms with van der Waals surface area (Å²) in [5.74, 6) is 0.107. The summed E-state index contributed by atoms with van der Waals surface area (Å²) in [6, 6.07) is 17.0. The van der Waals surface area contributed by atoms with Gasteiger partial charge in [-0.05, 0) is 22.9 Å². The van der Waals surface area contributed by atoms with Gasteiger partial charge in [0.2, 0.25) is 5.82 Å². The first-order valence-corrected chi connectivity index (χ1v) is 8.73. The Bertz CT molecular complexity index is 923. The topological polar surface area (TPSA) is 109 Å². The molecule has 1 aromatic heterocycles. The number of carbonyl (C=O) groups excluding carboxylic acids is 1. The van der Waals surface area contributed by atoms with Crippen LogP contribution in [-0.2, 0) is 11.3 Å². The maximum atomic E-state index is 12.0. The number of nitrogens with one attached hydrogen (secondary N) is 1. The number of aliphatic hydroxyl groups excluding tert-OH is 1. The second-order valence-corrected chi connectivity index (χ2v) is 6.04. The van der Waals surface area contributed by atoms with Crippen molar-refractivity contribution in [1.82, 2.24) is 25.6 Å². The number of aromatic nitrogens is 4. The SMILES string of the molecule is CN(CCO)c1ccc(/C=N\NC(=O)Cn2nnc(-c3ccccc3)n2)cc1. The fourth-order valence-electron chi connectivity index (χ4n) is 2.45. The van der Waals surface area contributed by atoms with E-state index in [1.54, 1.807) is 6.21 Å². The third kappa shape index (κ3) is 5.21. The highest BCUT2D eigenvalue weighted by atomic mass is 16.3. The molecular formula is C19H21N7O2. The first-order chi connectivity index (χ1) is 13.7. The van der Waals surface area contributed by atoms with Gasteiger partial charge in [0.05, 0.1) is 12.8 Å². The van der Waals surface area contributed by atoms with Gasteiger partial charge in [-0.1, -0.05) is 42.5 Å². The summed E-state index contributed by atoms with van der Waals surface area (Å²) < 4.78 is 0. The normalized spacial score (nSPS) is 10.9. The van der Waals surface area contributed by atoms with Gasteiger partial charge < -0.3 is 10.0 Å². The Morgan fingerprint density at radius 3 is 2.68 bits per heavy atom. The number of amides is 1. The number of likely N-dealkylation sites (N-methyl/N-ethyl adjacent to an activating group) is 1. The molecular weight excluding hydrogens is 358 g/mol. The van der Waals surface area contributed by atoms with Crippen LogP contribution in [0.4, 0.5) is 5.69 Å². The number of carbonyl (C=O) groups is 1. The number of nitrogens with zero attached hydrogens (tertiary/aromatic N) is 6. The lowest BCUT2D eigenvalue weighted by Crippen LogP contribution is -2.24. The van der Waals surface area contributed by atoms with Gasteiger partial charge >= 0.3 is 0 Å². The second kappa shape index (κ2) is 9.38. The van der Waals surface area contributed by atoms with Gasteiger partial charge in [-0.2, -0.15) is 9.90 Å². The number of aliphatic hydroxyl groups is 1. The first-order valence-electron chi connectivity index (χ1n) is 8.73. The van der Waals surface area contributed by atoms with Crippen LogP contribution < -0.4 is 10.3 Å².